The average Bonchev–Trinajstić information content (AvgIpc) is 2.72. The van der Waals surface area contributed by atoms with E-state index in [1.807, 2.05) is 48.2 Å². The molecule has 5 nitrogen and oxygen atoms in total. The summed E-state index contributed by atoms with van der Waals surface area (Å²) in [6, 6.07) is 13.7. The second-order valence-electron chi connectivity index (χ2n) is 10.1. The Morgan fingerprint density at radius 1 is 1.22 bits per heavy atom. The van der Waals surface area contributed by atoms with Gasteiger partial charge in [-0.05, 0) is 63.9 Å². The van der Waals surface area contributed by atoms with Gasteiger partial charge in [0.2, 0.25) is 0 Å². The van der Waals surface area contributed by atoms with E-state index < -0.39 is 5.60 Å². The molecule has 1 amide bonds. The molecule has 0 unspecified atom stereocenters. The number of fused-ring (bicyclic) bond motifs is 1. The van der Waals surface area contributed by atoms with Crippen LogP contribution in [0, 0.1) is 6.92 Å². The fourth-order valence-corrected chi connectivity index (χ4v) is 5.10. The number of hydrogen-bond acceptors (Lipinski definition) is 4. The molecule has 5 heteroatoms. The lowest BCUT2D eigenvalue weighted by Crippen LogP contribution is -2.52. The number of benzene rings is 2. The van der Waals surface area contributed by atoms with Crippen LogP contribution in [0.2, 0.25) is 0 Å². The molecule has 0 aliphatic carbocycles. The topological polar surface area (TPSA) is 59.0 Å². The molecule has 4 rings (SSSR count). The lowest BCUT2D eigenvalue weighted by atomic mass is 9.81. The molecule has 1 saturated heterocycles. The molecule has 32 heavy (non-hydrogen) atoms. The standard InChI is InChI=1S/C27H35NO4.H2/c1-18(2)31-24-17-27(32-23-9-7-6-8-21(23)24)12-14-28(15-13-27)25(29)20-10-11-22(19(3)16-20)26(4,5)30;/h6-11,16,18,24,30H,12-15,17H2,1-5H3;1H/t24-;/m0./s1. The van der Waals surface area contributed by atoms with Crippen LogP contribution in [0.5, 0.6) is 5.75 Å². The quantitative estimate of drug-likeness (QED) is 0.694. The number of para-hydroxylation sites is 1. The van der Waals surface area contributed by atoms with Crippen molar-refractivity contribution in [2.45, 2.75) is 77.3 Å². The summed E-state index contributed by atoms with van der Waals surface area (Å²) in [5.41, 5.74) is 2.34. The third-order valence-electron chi connectivity index (χ3n) is 6.68. The molecule has 0 radical (unpaired) electrons. The third kappa shape index (κ3) is 4.55. The number of nitrogens with zero attached hydrogens (tertiary/aromatic N) is 1. The van der Waals surface area contributed by atoms with E-state index in [9.17, 15) is 9.90 Å². The first-order chi connectivity index (χ1) is 15.1. The number of amides is 1. The molecule has 2 aromatic rings. The second kappa shape index (κ2) is 8.53. The van der Waals surface area contributed by atoms with Gasteiger partial charge in [-0.1, -0.05) is 24.3 Å². The fourth-order valence-electron chi connectivity index (χ4n) is 5.10. The number of rotatable bonds is 4. The molecule has 0 aromatic heterocycles. The van der Waals surface area contributed by atoms with Crippen molar-refractivity contribution in [3.8, 4) is 5.75 Å². The van der Waals surface area contributed by atoms with Crippen LogP contribution in [0.3, 0.4) is 0 Å². The maximum Gasteiger partial charge on any atom is 0.253 e. The number of likely N-dealkylation sites (tertiary alicyclic amines) is 1. The molecule has 0 bridgehead atoms. The largest absolute Gasteiger partial charge is 0.487 e. The molecule has 2 aromatic carbocycles. The van der Waals surface area contributed by atoms with Gasteiger partial charge in [-0.15, -0.1) is 0 Å². The molecular weight excluding hydrogens is 402 g/mol. The van der Waals surface area contributed by atoms with E-state index in [-0.39, 0.29) is 25.1 Å². The van der Waals surface area contributed by atoms with Gasteiger partial charge in [0.15, 0.2) is 0 Å². The highest BCUT2D eigenvalue weighted by atomic mass is 16.5. The van der Waals surface area contributed by atoms with Gasteiger partial charge >= 0.3 is 0 Å². The van der Waals surface area contributed by atoms with Gasteiger partial charge in [0.05, 0.1) is 17.8 Å². The van der Waals surface area contributed by atoms with Crippen molar-refractivity contribution >= 4 is 5.91 Å². The van der Waals surface area contributed by atoms with Crippen LogP contribution in [0.4, 0.5) is 0 Å². The van der Waals surface area contributed by atoms with E-state index in [1.54, 1.807) is 13.8 Å². The van der Waals surface area contributed by atoms with Gasteiger partial charge in [0.25, 0.3) is 5.91 Å². The predicted octanol–water partition coefficient (Wildman–Crippen LogP) is 5.39. The summed E-state index contributed by atoms with van der Waals surface area (Å²) in [5.74, 6) is 0.943. The molecule has 2 aliphatic rings. The second-order valence-corrected chi connectivity index (χ2v) is 10.1. The van der Waals surface area contributed by atoms with Crippen molar-refractivity contribution in [3.05, 3.63) is 64.7 Å². The number of piperidine rings is 1. The number of aliphatic hydroxyl groups is 1. The highest BCUT2D eigenvalue weighted by molar-refractivity contribution is 5.94. The summed E-state index contributed by atoms with van der Waals surface area (Å²) < 4.78 is 12.8. The summed E-state index contributed by atoms with van der Waals surface area (Å²) in [6.45, 7) is 10.9. The van der Waals surface area contributed by atoms with Crippen LogP contribution in [0.1, 0.15) is 81.5 Å². The lowest BCUT2D eigenvalue weighted by Gasteiger charge is -2.47. The van der Waals surface area contributed by atoms with Gasteiger partial charge in [-0.3, -0.25) is 4.79 Å². The minimum atomic E-state index is -0.924. The maximum absolute atomic E-state index is 13.2. The summed E-state index contributed by atoms with van der Waals surface area (Å²) >= 11 is 0. The molecule has 1 fully saturated rings. The van der Waals surface area contributed by atoms with Gasteiger partial charge in [-0.25, -0.2) is 0 Å². The number of ether oxygens (including phenoxy) is 2. The number of hydrogen-bond donors (Lipinski definition) is 1. The number of carbonyl (C=O) groups is 1. The Morgan fingerprint density at radius 2 is 1.91 bits per heavy atom. The molecule has 1 atom stereocenters. The van der Waals surface area contributed by atoms with E-state index in [0.29, 0.717) is 18.7 Å². The smallest absolute Gasteiger partial charge is 0.253 e. The van der Waals surface area contributed by atoms with Gasteiger partial charge in [-0.2, -0.15) is 0 Å². The normalized spacial score (nSPS) is 20.2. The Morgan fingerprint density at radius 3 is 2.53 bits per heavy atom. The maximum atomic E-state index is 13.2. The van der Waals surface area contributed by atoms with E-state index in [2.05, 4.69) is 19.9 Å². The minimum absolute atomic E-state index is 0. The van der Waals surface area contributed by atoms with Crippen molar-refractivity contribution in [2.75, 3.05) is 13.1 Å². The predicted molar refractivity (Wildman–Crippen MR) is 127 cm³/mol. The lowest BCUT2D eigenvalue weighted by molar-refractivity contribution is -0.0872. The Balaban J connectivity index is 0.00000306. The molecule has 2 heterocycles. The Labute approximate surface area is 192 Å². The SMILES string of the molecule is Cc1cc(C(=O)N2CCC3(CC2)C[C@H](OC(C)C)c2ccccc2O3)ccc1C(C)(C)O.[HH]. The van der Waals surface area contributed by atoms with Crippen LogP contribution in [-0.2, 0) is 10.3 Å². The van der Waals surface area contributed by atoms with Crippen molar-refractivity contribution in [3.63, 3.8) is 0 Å². The van der Waals surface area contributed by atoms with Crippen molar-refractivity contribution in [1.82, 2.24) is 4.90 Å². The first-order valence-electron chi connectivity index (χ1n) is 11.6. The van der Waals surface area contributed by atoms with Gasteiger partial charge in [0.1, 0.15) is 11.4 Å². The monoisotopic (exact) mass is 439 g/mol. The Kier molecular flexibility index (Phi) is 6.08. The summed E-state index contributed by atoms with van der Waals surface area (Å²) in [7, 11) is 0. The van der Waals surface area contributed by atoms with E-state index >= 15 is 0 Å². The van der Waals surface area contributed by atoms with E-state index in [4.69, 9.17) is 9.47 Å². The molecule has 1 spiro atoms. The van der Waals surface area contributed by atoms with Crippen molar-refractivity contribution < 1.29 is 20.8 Å². The summed E-state index contributed by atoms with van der Waals surface area (Å²) in [6.07, 6.45) is 2.53. The number of aryl methyl sites for hydroxylation is 1. The zero-order chi connectivity index (χ0) is 23.1. The van der Waals surface area contributed by atoms with Crippen LogP contribution < -0.4 is 4.74 Å². The molecular formula is C27H37NO4. The zero-order valence-corrected chi connectivity index (χ0v) is 19.9. The van der Waals surface area contributed by atoms with Gasteiger partial charge < -0.3 is 19.5 Å². The Bertz CT molecular complexity index is 990. The van der Waals surface area contributed by atoms with E-state index in [0.717, 1.165) is 41.7 Å². The van der Waals surface area contributed by atoms with Crippen LogP contribution >= 0.6 is 0 Å². The molecule has 2 aliphatic heterocycles. The van der Waals surface area contributed by atoms with Crippen molar-refractivity contribution in [2.24, 2.45) is 0 Å². The van der Waals surface area contributed by atoms with Gasteiger partial charge in [0, 0.05) is 44.9 Å². The average molecular weight is 440 g/mol. The van der Waals surface area contributed by atoms with Crippen LogP contribution in [0.15, 0.2) is 42.5 Å². The zero-order valence-electron chi connectivity index (χ0n) is 19.9. The first-order valence-corrected chi connectivity index (χ1v) is 11.6. The fraction of sp³-hybridized carbons (Fsp3) is 0.519. The van der Waals surface area contributed by atoms with Crippen LogP contribution in [-0.4, -0.2) is 40.7 Å². The minimum Gasteiger partial charge on any atom is -0.487 e. The Hall–Kier alpha value is -2.37. The van der Waals surface area contributed by atoms with Crippen molar-refractivity contribution in [1.29, 1.82) is 0 Å². The highest BCUT2D eigenvalue weighted by Crippen LogP contribution is 2.46. The highest BCUT2D eigenvalue weighted by Gasteiger charge is 2.44. The molecule has 174 valence electrons. The summed E-state index contributed by atoms with van der Waals surface area (Å²) in [5, 5.41) is 10.3. The molecule has 0 saturated carbocycles. The van der Waals surface area contributed by atoms with Crippen LogP contribution in [0.25, 0.3) is 0 Å². The third-order valence-corrected chi connectivity index (χ3v) is 6.68. The number of carbonyl (C=O) groups excluding carboxylic acids is 1. The molecule has 1 N–H and O–H groups in total. The summed E-state index contributed by atoms with van der Waals surface area (Å²) in [4.78, 5) is 15.1. The van der Waals surface area contributed by atoms with E-state index in [1.165, 1.54) is 0 Å². The first kappa shape index (κ1) is 22.8.